The minimum Gasteiger partial charge on any atom is -0.398 e. The zero-order chi connectivity index (χ0) is 12.2. The van der Waals surface area contributed by atoms with Crippen molar-refractivity contribution in [1.29, 1.82) is 0 Å². The summed E-state index contributed by atoms with van der Waals surface area (Å²) in [6.07, 6.45) is 0.737. The second kappa shape index (κ2) is 3.62. The fourth-order valence-electron chi connectivity index (χ4n) is 2.37. The smallest absolute Gasteiger partial charge is 0.0491 e. The third kappa shape index (κ3) is 1.44. The molecule has 0 heterocycles. The predicted octanol–water partition coefficient (Wildman–Crippen LogP) is 2.82. The molecule has 86 valence electrons. The lowest BCUT2D eigenvalue weighted by atomic mass is 9.90. The van der Waals surface area contributed by atoms with Crippen molar-refractivity contribution in [3.63, 3.8) is 0 Å². The van der Waals surface area contributed by atoms with Crippen LogP contribution in [0.5, 0.6) is 0 Å². The van der Waals surface area contributed by atoms with Crippen molar-refractivity contribution in [2.24, 2.45) is 5.73 Å². The van der Waals surface area contributed by atoms with Crippen LogP contribution in [-0.2, 0) is 6.42 Å². The Morgan fingerprint density at radius 1 is 1.12 bits per heavy atom. The number of hydrogen-bond donors (Lipinski definition) is 4. The first-order chi connectivity index (χ1) is 8.09. The van der Waals surface area contributed by atoms with Crippen LogP contribution in [-0.4, -0.2) is 0 Å². The first-order valence-electron chi connectivity index (χ1n) is 5.30. The van der Waals surface area contributed by atoms with Gasteiger partial charge in [-0.3, -0.25) is 0 Å². The van der Waals surface area contributed by atoms with Crippen LogP contribution >= 0.6 is 25.3 Å². The molecule has 2 nitrogen and oxygen atoms in total. The van der Waals surface area contributed by atoms with Gasteiger partial charge in [0.25, 0.3) is 0 Å². The molecule has 3 rings (SSSR count). The molecule has 0 atom stereocenters. The molecule has 17 heavy (non-hydrogen) atoms. The molecule has 2 aromatic carbocycles. The maximum absolute atomic E-state index is 6.08. The molecule has 0 fully saturated rings. The largest absolute Gasteiger partial charge is 0.398 e. The van der Waals surface area contributed by atoms with E-state index in [4.69, 9.17) is 11.5 Å². The van der Waals surface area contributed by atoms with Crippen LogP contribution in [0, 0.1) is 0 Å². The molecule has 0 unspecified atom stereocenters. The fraction of sp³-hybridized carbons (Fsp3) is 0.0769. The maximum Gasteiger partial charge on any atom is 0.0491 e. The summed E-state index contributed by atoms with van der Waals surface area (Å²) in [6.45, 7) is 0. The minimum absolute atomic E-state index is 0.703. The van der Waals surface area contributed by atoms with E-state index in [0.29, 0.717) is 5.69 Å². The number of nitrogens with two attached hydrogens (primary N) is 2. The highest BCUT2D eigenvalue weighted by Gasteiger charge is 2.19. The summed E-state index contributed by atoms with van der Waals surface area (Å²) in [5.74, 6) is 0. The van der Waals surface area contributed by atoms with Crippen LogP contribution in [0.2, 0.25) is 0 Å². The average molecular weight is 260 g/mol. The second-order valence-electron chi connectivity index (χ2n) is 4.24. The lowest BCUT2D eigenvalue weighted by Crippen LogP contribution is -2.08. The van der Waals surface area contributed by atoms with Crippen LogP contribution in [0.25, 0.3) is 16.5 Å². The number of allylic oxidation sites excluding steroid dienone is 1. The molecule has 0 radical (unpaired) electrons. The van der Waals surface area contributed by atoms with Crippen molar-refractivity contribution in [2.45, 2.75) is 11.3 Å². The predicted molar refractivity (Wildman–Crippen MR) is 79.4 cm³/mol. The summed E-state index contributed by atoms with van der Waals surface area (Å²) in [4.78, 5) is 1.72. The Morgan fingerprint density at radius 3 is 2.65 bits per heavy atom. The van der Waals surface area contributed by atoms with Crippen LogP contribution in [0.4, 0.5) is 5.69 Å². The van der Waals surface area contributed by atoms with Gasteiger partial charge in [-0.15, -0.1) is 25.3 Å². The van der Waals surface area contributed by atoms with E-state index in [-0.39, 0.29) is 0 Å². The van der Waals surface area contributed by atoms with Gasteiger partial charge < -0.3 is 11.5 Å². The van der Waals surface area contributed by atoms with Gasteiger partial charge in [0.2, 0.25) is 0 Å². The highest BCUT2D eigenvalue weighted by molar-refractivity contribution is 7.84. The maximum atomic E-state index is 6.08. The molecular formula is C13H12N2S2. The van der Waals surface area contributed by atoms with Gasteiger partial charge in [0.15, 0.2) is 0 Å². The lowest BCUT2D eigenvalue weighted by molar-refractivity contribution is 1.23. The van der Waals surface area contributed by atoms with Crippen LogP contribution in [0.1, 0.15) is 11.1 Å². The molecule has 0 saturated heterocycles. The van der Waals surface area contributed by atoms with E-state index in [9.17, 15) is 0 Å². The molecule has 0 saturated carbocycles. The Balaban J connectivity index is 2.53. The van der Waals surface area contributed by atoms with Crippen molar-refractivity contribution >= 4 is 47.4 Å². The van der Waals surface area contributed by atoms with Crippen molar-refractivity contribution in [2.75, 3.05) is 5.73 Å². The summed E-state index contributed by atoms with van der Waals surface area (Å²) < 4.78 is 0. The molecule has 4 heteroatoms. The van der Waals surface area contributed by atoms with Gasteiger partial charge in [-0.25, -0.2) is 0 Å². The van der Waals surface area contributed by atoms with E-state index in [1.165, 1.54) is 5.56 Å². The number of benzene rings is 2. The summed E-state index contributed by atoms with van der Waals surface area (Å²) in [5.41, 5.74) is 15.7. The molecule has 4 N–H and O–H groups in total. The van der Waals surface area contributed by atoms with Gasteiger partial charge in [-0.2, -0.15) is 0 Å². The second-order valence-corrected chi connectivity index (χ2v) is 5.23. The first-order valence-corrected chi connectivity index (χ1v) is 6.20. The van der Waals surface area contributed by atoms with E-state index in [0.717, 1.165) is 38.3 Å². The third-order valence-electron chi connectivity index (χ3n) is 3.20. The van der Waals surface area contributed by atoms with E-state index in [2.05, 4.69) is 25.3 Å². The molecular weight excluding hydrogens is 248 g/mol. The molecule has 2 aromatic rings. The molecule has 0 amide bonds. The highest BCUT2D eigenvalue weighted by Crippen LogP contribution is 2.39. The molecule has 1 aliphatic rings. The van der Waals surface area contributed by atoms with E-state index >= 15 is 0 Å². The molecule has 0 spiro atoms. The Kier molecular flexibility index (Phi) is 2.31. The summed E-state index contributed by atoms with van der Waals surface area (Å²) in [5, 5.41) is 2.21. The monoisotopic (exact) mass is 260 g/mol. The summed E-state index contributed by atoms with van der Waals surface area (Å²) in [7, 11) is 0. The highest BCUT2D eigenvalue weighted by atomic mass is 32.1. The SMILES string of the molecule is NC1=C(S)Cc2cc(N)c(S)c3cccc1c23. The van der Waals surface area contributed by atoms with E-state index in [1.807, 2.05) is 24.3 Å². The topological polar surface area (TPSA) is 52.0 Å². The average Bonchev–Trinajstić information content (AvgIpc) is 2.32. The number of anilines is 1. The number of thiol groups is 2. The van der Waals surface area contributed by atoms with Crippen molar-refractivity contribution < 1.29 is 0 Å². The lowest BCUT2D eigenvalue weighted by Gasteiger charge is -2.21. The first kappa shape index (κ1) is 10.9. The third-order valence-corrected chi connectivity index (χ3v) is 4.10. The van der Waals surface area contributed by atoms with Gasteiger partial charge in [0, 0.05) is 33.2 Å². The zero-order valence-corrected chi connectivity index (χ0v) is 10.9. The van der Waals surface area contributed by atoms with Gasteiger partial charge in [-0.1, -0.05) is 18.2 Å². The summed E-state index contributed by atoms with van der Waals surface area (Å²) >= 11 is 8.91. The van der Waals surface area contributed by atoms with Gasteiger partial charge in [-0.05, 0) is 22.4 Å². The van der Waals surface area contributed by atoms with E-state index in [1.54, 1.807) is 0 Å². The summed E-state index contributed by atoms with van der Waals surface area (Å²) in [6, 6.07) is 7.98. The van der Waals surface area contributed by atoms with Gasteiger partial charge in [0.1, 0.15) is 0 Å². The molecule has 0 aliphatic heterocycles. The normalized spacial score (nSPS) is 14.5. The van der Waals surface area contributed by atoms with Crippen molar-refractivity contribution in [3.8, 4) is 0 Å². The van der Waals surface area contributed by atoms with Gasteiger partial charge >= 0.3 is 0 Å². The van der Waals surface area contributed by atoms with E-state index < -0.39 is 0 Å². The number of hydrogen-bond acceptors (Lipinski definition) is 4. The van der Waals surface area contributed by atoms with Gasteiger partial charge in [0.05, 0.1) is 0 Å². The Bertz CT molecular complexity index is 675. The molecule has 0 bridgehead atoms. The minimum atomic E-state index is 0.703. The van der Waals surface area contributed by atoms with Crippen LogP contribution in [0.15, 0.2) is 34.1 Å². The Hall–Kier alpha value is -1.26. The van der Waals surface area contributed by atoms with Crippen LogP contribution in [0.3, 0.4) is 0 Å². The quantitative estimate of drug-likeness (QED) is 0.435. The molecule has 1 aliphatic carbocycles. The van der Waals surface area contributed by atoms with Crippen LogP contribution < -0.4 is 11.5 Å². The zero-order valence-electron chi connectivity index (χ0n) is 9.07. The fourth-order valence-corrected chi connectivity index (χ4v) is 2.92. The Labute approximate surface area is 111 Å². The standard InChI is InChI=1S/C13H12N2S2/c14-9-4-6-5-10(16)12(15)7-2-1-3-8(11(6)7)13(9)17/h1-4,16-17H,5,14-15H2. The number of rotatable bonds is 0. The van der Waals surface area contributed by atoms with Crippen molar-refractivity contribution in [1.82, 2.24) is 0 Å². The number of nitrogen functional groups attached to an aromatic ring is 1. The van der Waals surface area contributed by atoms with Crippen molar-refractivity contribution in [3.05, 3.63) is 40.3 Å². The Morgan fingerprint density at radius 2 is 1.88 bits per heavy atom. The molecule has 0 aromatic heterocycles.